The van der Waals surface area contributed by atoms with Crippen molar-refractivity contribution >= 4 is 6.09 Å². The molecule has 6 nitrogen and oxygen atoms in total. The van der Waals surface area contributed by atoms with E-state index in [1.54, 1.807) is 0 Å². The summed E-state index contributed by atoms with van der Waals surface area (Å²) >= 11 is 0. The Morgan fingerprint density at radius 1 is 1.47 bits per heavy atom. The van der Waals surface area contributed by atoms with Gasteiger partial charge in [-0.15, -0.1) is 0 Å². The number of azide groups is 1. The lowest BCUT2D eigenvalue weighted by molar-refractivity contribution is 0.138. The molecule has 100 valence electrons. The molecule has 1 amide bonds. The van der Waals surface area contributed by atoms with E-state index in [0.29, 0.717) is 12.5 Å². The van der Waals surface area contributed by atoms with Crippen LogP contribution in [0.3, 0.4) is 0 Å². The van der Waals surface area contributed by atoms with Gasteiger partial charge in [0.15, 0.2) is 0 Å². The SMILES string of the molecule is [N-]=[N+]=NCCC1CC1NC(=O)OCc1ccccc1. The third-order valence-corrected chi connectivity index (χ3v) is 3.10. The fourth-order valence-corrected chi connectivity index (χ4v) is 1.93. The number of rotatable bonds is 6. The maximum atomic E-state index is 11.5. The largest absolute Gasteiger partial charge is 0.445 e. The Labute approximate surface area is 111 Å². The minimum absolute atomic E-state index is 0.164. The van der Waals surface area contributed by atoms with Crippen molar-refractivity contribution in [3.63, 3.8) is 0 Å². The predicted octanol–water partition coefficient (Wildman–Crippen LogP) is 3.00. The van der Waals surface area contributed by atoms with E-state index in [1.807, 2.05) is 30.3 Å². The molecule has 1 aromatic rings. The first kappa shape index (κ1) is 13.2. The molecule has 1 aliphatic rings. The number of hydrogen-bond donors (Lipinski definition) is 1. The van der Waals surface area contributed by atoms with Gasteiger partial charge in [-0.1, -0.05) is 35.4 Å². The van der Waals surface area contributed by atoms with E-state index >= 15 is 0 Å². The van der Waals surface area contributed by atoms with E-state index in [-0.39, 0.29) is 18.7 Å². The van der Waals surface area contributed by atoms with Gasteiger partial charge in [0.25, 0.3) is 0 Å². The Morgan fingerprint density at radius 2 is 2.26 bits per heavy atom. The molecule has 0 saturated heterocycles. The number of carbonyl (C=O) groups excluding carboxylic acids is 1. The zero-order valence-corrected chi connectivity index (χ0v) is 10.5. The van der Waals surface area contributed by atoms with Crippen molar-refractivity contribution in [1.82, 2.24) is 5.32 Å². The number of benzene rings is 1. The van der Waals surface area contributed by atoms with Crippen LogP contribution in [0.4, 0.5) is 4.79 Å². The Morgan fingerprint density at radius 3 is 3.00 bits per heavy atom. The number of amides is 1. The van der Waals surface area contributed by atoms with E-state index in [0.717, 1.165) is 18.4 Å². The number of carbonyl (C=O) groups is 1. The van der Waals surface area contributed by atoms with Crippen molar-refractivity contribution in [2.75, 3.05) is 6.54 Å². The van der Waals surface area contributed by atoms with E-state index in [2.05, 4.69) is 15.3 Å². The molecule has 1 saturated carbocycles. The smallest absolute Gasteiger partial charge is 0.407 e. The second-order valence-corrected chi connectivity index (χ2v) is 4.55. The highest BCUT2D eigenvalue weighted by molar-refractivity contribution is 5.68. The lowest BCUT2D eigenvalue weighted by atomic mass is 10.2. The summed E-state index contributed by atoms with van der Waals surface area (Å²) < 4.78 is 5.12. The molecule has 1 fully saturated rings. The summed E-state index contributed by atoms with van der Waals surface area (Å²) in [5.41, 5.74) is 9.12. The maximum absolute atomic E-state index is 11.5. The second-order valence-electron chi connectivity index (χ2n) is 4.55. The molecule has 0 aromatic heterocycles. The molecule has 19 heavy (non-hydrogen) atoms. The first-order valence-electron chi connectivity index (χ1n) is 6.27. The first-order valence-corrected chi connectivity index (χ1v) is 6.27. The van der Waals surface area contributed by atoms with Gasteiger partial charge in [0, 0.05) is 17.5 Å². The highest BCUT2D eigenvalue weighted by Gasteiger charge is 2.37. The highest BCUT2D eigenvalue weighted by atomic mass is 16.5. The van der Waals surface area contributed by atoms with Gasteiger partial charge in [-0.3, -0.25) is 0 Å². The number of ether oxygens (including phenoxy) is 1. The molecule has 1 N–H and O–H groups in total. The lowest BCUT2D eigenvalue weighted by Crippen LogP contribution is -2.27. The molecule has 2 unspecified atom stereocenters. The van der Waals surface area contributed by atoms with Crippen LogP contribution in [-0.2, 0) is 11.3 Å². The topological polar surface area (TPSA) is 87.1 Å². The van der Waals surface area contributed by atoms with Crippen molar-refractivity contribution in [2.45, 2.75) is 25.5 Å². The quantitative estimate of drug-likeness (QED) is 0.484. The van der Waals surface area contributed by atoms with Crippen molar-refractivity contribution in [3.8, 4) is 0 Å². The Bertz CT molecular complexity index is 471. The van der Waals surface area contributed by atoms with Crippen molar-refractivity contribution in [1.29, 1.82) is 0 Å². The summed E-state index contributed by atoms with van der Waals surface area (Å²) in [7, 11) is 0. The number of nitrogens with one attached hydrogen (secondary N) is 1. The number of hydrogen-bond acceptors (Lipinski definition) is 3. The summed E-state index contributed by atoms with van der Waals surface area (Å²) in [6, 6.07) is 9.71. The summed E-state index contributed by atoms with van der Waals surface area (Å²) in [4.78, 5) is 14.2. The zero-order valence-electron chi connectivity index (χ0n) is 10.5. The van der Waals surface area contributed by atoms with Crippen LogP contribution in [0.25, 0.3) is 10.4 Å². The summed E-state index contributed by atoms with van der Waals surface area (Å²) in [6.45, 7) is 0.765. The van der Waals surface area contributed by atoms with Gasteiger partial charge in [-0.05, 0) is 29.9 Å². The number of nitrogens with zero attached hydrogens (tertiary/aromatic N) is 3. The first-order chi connectivity index (χ1) is 9.29. The minimum atomic E-state index is -0.389. The molecule has 0 radical (unpaired) electrons. The molecule has 1 aromatic carbocycles. The Balaban J connectivity index is 1.62. The van der Waals surface area contributed by atoms with Crippen molar-refractivity contribution in [3.05, 3.63) is 46.3 Å². The van der Waals surface area contributed by atoms with E-state index < -0.39 is 0 Å². The maximum Gasteiger partial charge on any atom is 0.407 e. The van der Waals surface area contributed by atoms with Crippen LogP contribution in [0.1, 0.15) is 18.4 Å². The van der Waals surface area contributed by atoms with Crippen molar-refractivity contribution in [2.24, 2.45) is 11.0 Å². The summed E-state index contributed by atoms with van der Waals surface area (Å²) in [6.07, 6.45) is 1.36. The average molecular weight is 260 g/mol. The fourth-order valence-electron chi connectivity index (χ4n) is 1.93. The molecule has 0 aliphatic heterocycles. The lowest BCUT2D eigenvalue weighted by Gasteiger charge is -2.06. The second kappa shape index (κ2) is 6.66. The minimum Gasteiger partial charge on any atom is -0.445 e. The van der Waals surface area contributed by atoms with Gasteiger partial charge < -0.3 is 10.1 Å². The van der Waals surface area contributed by atoms with Gasteiger partial charge in [0.2, 0.25) is 0 Å². The highest BCUT2D eigenvalue weighted by Crippen LogP contribution is 2.33. The van der Waals surface area contributed by atoms with Crippen LogP contribution >= 0.6 is 0 Å². The van der Waals surface area contributed by atoms with Crippen LogP contribution in [0.15, 0.2) is 35.4 Å². The van der Waals surface area contributed by atoms with Crippen LogP contribution in [0, 0.1) is 5.92 Å². The van der Waals surface area contributed by atoms with Gasteiger partial charge in [-0.2, -0.15) is 0 Å². The van der Waals surface area contributed by atoms with Crippen LogP contribution < -0.4 is 5.32 Å². The monoisotopic (exact) mass is 260 g/mol. The molecule has 6 heteroatoms. The molecule has 2 atom stereocenters. The molecule has 0 bridgehead atoms. The fraction of sp³-hybridized carbons (Fsp3) is 0.462. The van der Waals surface area contributed by atoms with Crippen LogP contribution in [-0.4, -0.2) is 18.7 Å². The summed E-state index contributed by atoms with van der Waals surface area (Å²) in [5.74, 6) is 0.412. The van der Waals surface area contributed by atoms with Crippen molar-refractivity contribution < 1.29 is 9.53 Å². The zero-order chi connectivity index (χ0) is 13.5. The normalized spacial score (nSPS) is 20.2. The third-order valence-electron chi connectivity index (χ3n) is 3.10. The van der Waals surface area contributed by atoms with Gasteiger partial charge in [0.05, 0.1) is 0 Å². The molecular formula is C13H16N4O2. The standard InChI is InChI=1S/C13H16N4O2/c14-17-15-7-6-11-8-12(11)16-13(18)19-9-10-4-2-1-3-5-10/h1-5,11-12H,6-9H2,(H,16,18). The van der Waals surface area contributed by atoms with Gasteiger partial charge in [0.1, 0.15) is 6.61 Å². The average Bonchev–Trinajstić information content (AvgIpc) is 3.16. The third kappa shape index (κ3) is 4.52. The molecular weight excluding hydrogens is 244 g/mol. The molecule has 1 aliphatic carbocycles. The van der Waals surface area contributed by atoms with E-state index in [4.69, 9.17) is 10.3 Å². The number of alkyl carbamates (subject to hydrolysis) is 1. The molecule has 2 rings (SSSR count). The van der Waals surface area contributed by atoms with Crippen LogP contribution in [0.2, 0.25) is 0 Å². The van der Waals surface area contributed by atoms with E-state index in [1.165, 1.54) is 0 Å². The van der Waals surface area contributed by atoms with E-state index in [9.17, 15) is 4.79 Å². The predicted molar refractivity (Wildman–Crippen MR) is 70.3 cm³/mol. The van der Waals surface area contributed by atoms with Gasteiger partial charge in [-0.25, -0.2) is 4.79 Å². The molecule has 0 spiro atoms. The Kier molecular flexibility index (Phi) is 4.64. The van der Waals surface area contributed by atoms with Gasteiger partial charge >= 0.3 is 6.09 Å². The summed E-state index contributed by atoms with van der Waals surface area (Å²) in [5, 5.41) is 6.28. The Hall–Kier alpha value is -2.20. The van der Waals surface area contributed by atoms with Crippen LogP contribution in [0.5, 0.6) is 0 Å². The molecule has 0 heterocycles.